The van der Waals surface area contributed by atoms with Crippen molar-refractivity contribution in [2.45, 2.75) is 26.9 Å². The minimum atomic E-state index is -0.619. The predicted molar refractivity (Wildman–Crippen MR) is 101 cm³/mol. The fourth-order valence-corrected chi connectivity index (χ4v) is 3.22. The third kappa shape index (κ3) is 3.94. The number of thiophene rings is 1. The van der Waals surface area contributed by atoms with E-state index in [9.17, 15) is 4.79 Å². The zero-order chi connectivity index (χ0) is 18.5. The second kappa shape index (κ2) is 8.14. The molecule has 0 saturated carbocycles. The van der Waals surface area contributed by atoms with Crippen LogP contribution in [0.1, 0.15) is 43.1 Å². The number of aromatic nitrogens is 2. The molecule has 0 aliphatic rings. The van der Waals surface area contributed by atoms with E-state index in [4.69, 9.17) is 9.15 Å². The Morgan fingerprint density at radius 3 is 2.54 bits per heavy atom. The summed E-state index contributed by atoms with van der Waals surface area (Å²) in [5, 5.41) is 9.93. The summed E-state index contributed by atoms with van der Waals surface area (Å²) < 4.78 is 11.1. The molecule has 1 atom stereocenters. The molecule has 0 spiro atoms. The number of esters is 1. The molecule has 0 aliphatic heterocycles. The first-order valence-electron chi connectivity index (χ1n) is 8.55. The maximum Gasteiger partial charge on any atom is 0.338 e. The van der Waals surface area contributed by atoms with Gasteiger partial charge in [-0.05, 0) is 56.5 Å². The molecule has 26 heavy (non-hydrogen) atoms. The highest BCUT2D eigenvalue weighted by Crippen LogP contribution is 2.26. The highest BCUT2D eigenvalue weighted by molar-refractivity contribution is 7.13. The minimum Gasteiger partial charge on any atom is -0.449 e. The molecule has 7 heteroatoms. The molecule has 0 N–H and O–H groups in total. The van der Waals surface area contributed by atoms with Crippen LogP contribution in [0, 0.1) is 0 Å². The molecule has 136 valence electrons. The first kappa shape index (κ1) is 18.1. The van der Waals surface area contributed by atoms with Crippen LogP contribution in [0.15, 0.2) is 46.2 Å². The average Bonchev–Trinajstić information content (AvgIpc) is 3.35. The zero-order valence-electron chi connectivity index (χ0n) is 15.0. The Hall–Kier alpha value is -2.67. The summed E-state index contributed by atoms with van der Waals surface area (Å²) >= 11 is 1.51. The lowest BCUT2D eigenvalue weighted by molar-refractivity contribution is 0.0280. The van der Waals surface area contributed by atoms with Gasteiger partial charge in [-0.15, -0.1) is 21.5 Å². The van der Waals surface area contributed by atoms with Gasteiger partial charge in [0, 0.05) is 18.8 Å². The monoisotopic (exact) mass is 371 g/mol. The lowest BCUT2D eigenvalue weighted by atomic mass is 10.2. The Kier molecular flexibility index (Phi) is 5.68. The maximum absolute atomic E-state index is 12.4. The van der Waals surface area contributed by atoms with Crippen molar-refractivity contribution in [3.63, 3.8) is 0 Å². The standard InChI is InChI=1S/C19H21N3O3S/c1-4-22(5-2)15-10-8-14(9-11-15)19(23)24-13(3)17-20-21-18(25-17)16-7-6-12-26-16/h6-13H,4-5H2,1-3H3/t13-/m1/s1. The van der Waals surface area contributed by atoms with Gasteiger partial charge in [-0.2, -0.15) is 0 Å². The quantitative estimate of drug-likeness (QED) is 0.567. The Labute approximate surface area is 156 Å². The fourth-order valence-electron chi connectivity index (χ4n) is 2.57. The van der Waals surface area contributed by atoms with Gasteiger partial charge in [-0.3, -0.25) is 0 Å². The van der Waals surface area contributed by atoms with Gasteiger partial charge in [0.1, 0.15) is 0 Å². The van der Waals surface area contributed by atoms with E-state index in [2.05, 4.69) is 28.9 Å². The summed E-state index contributed by atoms with van der Waals surface area (Å²) in [5.74, 6) is 0.294. The molecule has 3 aromatic rings. The SMILES string of the molecule is CCN(CC)c1ccc(C(=O)O[C@H](C)c2nnc(-c3cccs3)o2)cc1. The van der Waals surface area contributed by atoms with Crippen LogP contribution in [-0.2, 0) is 4.74 Å². The number of carbonyl (C=O) groups is 1. The van der Waals surface area contributed by atoms with Crippen molar-refractivity contribution in [2.24, 2.45) is 0 Å². The zero-order valence-corrected chi connectivity index (χ0v) is 15.8. The van der Waals surface area contributed by atoms with E-state index in [-0.39, 0.29) is 5.89 Å². The van der Waals surface area contributed by atoms with Crippen LogP contribution < -0.4 is 4.90 Å². The summed E-state index contributed by atoms with van der Waals surface area (Å²) in [5.41, 5.74) is 1.57. The van der Waals surface area contributed by atoms with Crippen molar-refractivity contribution in [3.8, 4) is 10.8 Å². The Morgan fingerprint density at radius 1 is 1.19 bits per heavy atom. The van der Waals surface area contributed by atoms with Crippen LogP contribution in [0.25, 0.3) is 10.8 Å². The molecule has 0 amide bonds. The fraction of sp³-hybridized carbons (Fsp3) is 0.316. The minimum absolute atomic E-state index is 0.279. The molecule has 0 fully saturated rings. The van der Waals surface area contributed by atoms with Crippen LogP contribution in [0.2, 0.25) is 0 Å². The van der Waals surface area contributed by atoms with Gasteiger partial charge in [-0.1, -0.05) is 6.07 Å². The largest absolute Gasteiger partial charge is 0.449 e. The molecule has 0 aliphatic carbocycles. The number of nitrogens with zero attached hydrogens (tertiary/aromatic N) is 3. The van der Waals surface area contributed by atoms with Crippen molar-refractivity contribution >= 4 is 23.0 Å². The molecule has 0 saturated heterocycles. The molecule has 1 aromatic carbocycles. The van der Waals surface area contributed by atoms with Crippen LogP contribution >= 0.6 is 11.3 Å². The topological polar surface area (TPSA) is 68.5 Å². The normalized spacial score (nSPS) is 12.0. The third-order valence-corrected chi connectivity index (χ3v) is 4.89. The number of carbonyl (C=O) groups excluding carboxylic acids is 1. The van der Waals surface area contributed by atoms with E-state index in [0.717, 1.165) is 23.7 Å². The second-order valence-corrected chi connectivity index (χ2v) is 6.64. The number of ether oxygens (including phenoxy) is 1. The number of benzene rings is 1. The highest BCUT2D eigenvalue weighted by Gasteiger charge is 2.20. The van der Waals surface area contributed by atoms with Gasteiger partial charge < -0.3 is 14.1 Å². The number of hydrogen-bond donors (Lipinski definition) is 0. The summed E-state index contributed by atoms with van der Waals surface area (Å²) in [4.78, 5) is 15.5. The first-order chi connectivity index (χ1) is 12.6. The predicted octanol–water partition coefficient (Wildman–Crippen LogP) is 4.56. The molecule has 2 aromatic heterocycles. The van der Waals surface area contributed by atoms with Crippen LogP contribution in [-0.4, -0.2) is 29.3 Å². The Morgan fingerprint density at radius 2 is 1.92 bits per heavy atom. The van der Waals surface area contributed by atoms with Crippen molar-refractivity contribution in [2.75, 3.05) is 18.0 Å². The molecule has 0 bridgehead atoms. The van der Waals surface area contributed by atoms with Crippen LogP contribution in [0.3, 0.4) is 0 Å². The molecule has 6 nitrogen and oxygen atoms in total. The highest BCUT2D eigenvalue weighted by atomic mass is 32.1. The number of rotatable bonds is 7. The Balaban J connectivity index is 1.66. The van der Waals surface area contributed by atoms with E-state index in [0.29, 0.717) is 11.5 Å². The van der Waals surface area contributed by atoms with E-state index < -0.39 is 12.1 Å². The van der Waals surface area contributed by atoms with Gasteiger partial charge in [0.25, 0.3) is 11.8 Å². The van der Waals surface area contributed by atoms with Crippen molar-refractivity contribution in [1.29, 1.82) is 0 Å². The van der Waals surface area contributed by atoms with E-state index in [1.807, 2.05) is 29.6 Å². The van der Waals surface area contributed by atoms with Crippen LogP contribution in [0.5, 0.6) is 0 Å². The first-order valence-corrected chi connectivity index (χ1v) is 9.43. The molecular weight excluding hydrogens is 350 g/mol. The maximum atomic E-state index is 12.4. The second-order valence-electron chi connectivity index (χ2n) is 5.69. The molecule has 2 heterocycles. The van der Waals surface area contributed by atoms with Crippen LogP contribution in [0.4, 0.5) is 5.69 Å². The van der Waals surface area contributed by atoms with Crippen molar-refractivity contribution < 1.29 is 13.9 Å². The lowest BCUT2D eigenvalue weighted by Crippen LogP contribution is -2.21. The van der Waals surface area contributed by atoms with E-state index in [1.54, 1.807) is 19.1 Å². The smallest absolute Gasteiger partial charge is 0.338 e. The van der Waals surface area contributed by atoms with E-state index >= 15 is 0 Å². The molecule has 0 radical (unpaired) electrons. The van der Waals surface area contributed by atoms with Gasteiger partial charge in [0.05, 0.1) is 10.4 Å². The molecule has 3 rings (SSSR count). The van der Waals surface area contributed by atoms with Gasteiger partial charge in [-0.25, -0.2) is 4.79 Å². The van der Waals surface area contributed by atoms with Crippen molar-refractivity contribution in [1.82, 2.24) is 10.2 Å². The summed E-state index contributed by atoms with van der Waals surface area (Å²) in [6.45, 7) is 7.75. The third-order valence-electron chi connectivity index (χ3n) is 4.04. The molecule has 0 unspecified atom stereocenters. The number of hydrogen-bond acceptors (Lipinski definition) is 7. The lowest BCUT2D eigenvalue weighted by Gasteiger charge is -2.21. The van der Waals surface area contributed by atoms with Gasteiger partial charge >= 0.3 is 5.97 Å². The number of anilines is 1. The van der Waals surface area contributed by atoms with Gasteiger partial charge in [0.2, 0.25) is 0 Å². The summed E-state index contributed by atoms with van der Waals surface area (Å²) in [6.07, 6.45) is -0.619. The molecular formula is C19H21N3O3S. The van der Waals surface area contributed by atoms with Gasteiger partial charge in [0.15, 0.2) is 6.10 Å². The summed E-state index contributed by atoms with van der Waals surface area (Å²) in [7, 11) is 0. The van der Waals surface area contributed by atoms with E-state index in [1.165, 1.54) is 11.3 Å². The van der Waals surface area contributed by atoms with Crippen molar-refractivity contribution in [3.05, 3.63) is 53.2 Å². The summed E-state index contributed by atoms with van der Waals surface area (Å²) in [6, 6.07) is 11.2. The Bertz CT molecular complexity index is 839. The average molecular weight is 371 g/mol.